The van der Waals surface area contributed by atoms with Crippen LogP contribution in [0.1, 0.15) is 28.8 Å². The van der Waals surface area contributed by atoms with Gasteiger partial charge in [0.15, 0.2) is 0 Å². The molecule has 0 heterocycles. The Hall–Kier alpha value is -2.67. The lowest BCUT2D eigenvalue weighted by atomic mass is 10.1. The molecule has 2 N–H and O–H groups in total. The van der Waals surface area contributed by atoms with Gasteiger partial charge >= 0.3 is 0 Å². The molecular weight excluding hydrogens is 493 g/mol. The molecular formula is C24H17Cl3F2N2O2. The molecule has 0 aliphatic heterocycles. The summed E-state index contributed by atoms with van der Waals surface area (Å²) in [5, 5.41) is 6.27. The van der Waals surface area contributed by atoms with Gasteiger partial charge in [-0.2, -0.15) is 0 Å². The highest BCUT2D eigenvalue weighted by Crippen LogP contribution is 2.54. The lowest BCUT2D eigenvalue weighted by Crippen LogP contribution is -2.17. The second-order valence-electron chi connectivity index (χ2n) is 7.88. The van der Waals surface area contributed by atoms with Crippen LogP contribution in [0.3, 0.4) is 0 Å². The van der Waals surface area contributed by atoms with Gasteiger partial charge in [0.1, 0.15) is 11.6 Å². The van der Waals surface area contributed by atoms with Crippen LogP contribution >= 0.6 is 34.8 Å². The van der Waals surface area contributed by atoms with E-state index in [-0.39, 0.29) is 39.9 Å². The highest BCUT2D eigenvalue weighted by Gasteiger charge is 2.52. The number of carbonyl (C=O) groups is 2. The zero-order valence-electron chi connectivity index (χ0n) is 17.1. The second-order valence-corrected chi connectivity index (χ2v) is 9.16. The fourth-order valence-corrected chi connectivity index (χ4v) is 4.67. The van der Waals surface area contributed by atoms with Crippen LogP contribution in [0.25, 0.3) is 0 Å². The molecule has 4 nitrogen and oxygen atoms in total. The predicted octanol–water partition coefficient (Wildman–Crippen LogP) is 7.17. The van der Waals surface area contributed by atoms with Crippen LogP contribution in [-0.4, -0.2) is 11.8 Å². The summed E-state index contributed by atoms with van der Waals surface area (Å²) >= 11 is 18.3. The summed E-state index contributed by atoms with van der Waals surface area (Å²) in [6.07, 6.45) is 0. The van der Waals surface area contributed by atoms with E-state index in [4.69, 9.17) is 34.8 Å². The highest BCUT2D eigenvalue weighted by atomic mass is 35.5. The minimum atomic E-state index is -0.918. The van der Waals surface area contributed by atoms with Gasteiger partial charge in [-0.3, -0.25) is 9.59 Å². The summed E-state index contributed by atoms with van der Waals surface area (Å²) in [6.45, 7) is 1.96. The first-order chi connectivity index (χ1) is 15.6. The van der Waals surface area contributed by atoms with Gasteiger partial charge in [0, 0.05) is 27.7 Å². The topological polar surface area (TPSA) is 58.2 Å². The number of halogens is 5. The molecule has 0 spiro atoms. The van der Waals surface area contributed by atoms with Gasteiger partial charge in [0.05, 0.1) is 16.3 Å². The first-order valence-electron chi connectivity index (χ1n) is 9.97. The quantitative estimate of drug-likeness (QED) is 0.383. The van der Waals surface area contributed by atoms with Crippen molar-refractivity contribution in [2.24, 2.45) is 11.8 Å². The fraction of sp³-hybridized carbons (Fsp3) is 0.167. The molecule has 170 valence electrons. The van der Waals surface area contributed by atoms with Gasteiger partial charge in [0.25, 0.3) is 5.91 Å². The number of amides is 2. The maximum absolute atomic E-state index is 13.9. The van der Waals surface area contributed by atoms with Gasteiger partial charge in [-0.05, 0) is 65.9 Å². The third-order valence-corrected chi connectivity index (χ3v) is 6.38. The van der Waals surface area contributed by atoms with Crippen LogP contribution < -0.4 is 10.6 Å². The Balaban J connectivity index is 1.48. The molecule has 1 unspecified atom stereocenters. The second kappa shape index (κ2) is 9.29. The molecule has 0 aromatic heterocycles. The van der Waals surface area contributed by atoms with Crippen molar-refractivity contribution in [3.63, 3.8) is 0 Å². The highest BCUT2D eigenvalue weighted by molar-refractivity contribution is 6.35. The largest absolute Gasteiger partial charge is 0.326 e. The first kappa shape index (κ1) is 23.5. The van der Waals surface area contributed by atoms with Gasteiger partial charge in [-0.25, -0.2) is 8.78 Å². The van der Waals surface area contributed by atoms with Crippen molar-refractivity contribution in [1.29, 1.82) is 0 Å². The third kappa shape index (κ3) is 5.13. The summed E-state index contributed by atoms with van der Waals surface area (Å²) < 4.78 is 27.0. The lowest BCUT2D eigenvalue weighted by molar-refractivity contribution is -0.117. The van der Waals surface area contributed by atoms with E-state index in [2.05, 4.69) is 10.6 Å². The molecule has 3 atom stereocenters. The van der Waals surface area contributed by atoms with Crippen LogP contribution in [0.15, 0.2) is 54.6 Å². The minimum Gasteiger partial charge on any atom is -0.326 e. The monoisotopic (exact) mass is 508 g/mol. The Kier molecular flexibility index (Phi) is 6.61. The third-order valence-electron chi connectivity index (χ3n) is 5.61. The molecule has 1 fully saturated rings. The van der Waals surface area contributed by atoms with E-state index in [9.17, 15) is 18.4 Å². The van der Waals surface area contributed by atoms with E-state index in [0.717, 1.165) is 17.7 Å². The van der Waals surface area contributed by atoms with E-state index in [1.54, 1.807) is 24.3 Å². The molecule has 9 heteroatoms. The van der Waals surface area contributed by atoms with E-state index in [0.29, 0.717) is 21.8 Å². The number of anilines is 2. The van der Waals surface area contributed by atoms with Crippen molar-refractivity contribution >= 4 is 58.0 Å². The molecule has 1 aliphatic rings. The molecule has 3 aromatic rings. The average molecular weight is 510 g/mol. The van der Waals surface area contributed by atoms with Gasteiger partial charge in [-0.15, -0.1) is 0 Å². The molecule has 0 saturated heterocycles. The fourth-order valence-electron chi connectivity index (χ4n) is 3.93. The molecule has 4 rings (SSSR count). The van der Waals surface area contributed by atoms with E-state index < -0.39 is 17.5 Å². The van der Waals surface area contributed by atoms with Crippen molar-refractivity contribution in [3.05, 3.63) is 92.4 Å². The Labute approximate surface area is 203 Å². The van der Waals surface area contributed by atoms with Crippen molar-refractivity contribution in [3.8, 4) is 0 Å². The van der Waals surface area contributed by atoms with Gasteiger partial charge < -0.3 is 10.6 Å². The maximum atomic E-state index is 13.9. The van der Waals surface area contributed by atoms with Crippen molar-refractivity contribution in [2.45, 2.75) is 12.8 Å². The van der Waals surface area contributed by atoms with Crippen molar-refractivity contribution in [1.82, 2.24) is 0 Å². The molecule has 1 aliphatic carbocycles. The molecule has 0 bridgehead atoms. The number of rotatable bonds is 5. The van der Waals surface area contributed by atoms with Crippen molar-refractivity contribution in [2.75, 3.05) is 10.6 Å². The zero-order chi connectivity index (χ0) is 23.9. The van der Waals surface area contributed by atoms with E-state index in [1.807, 2.05) is 6.92 Å². The van der Waals surface area contributed by atoms with Crippen LogP contribution in [0.5, 0.6) is 0 Å². The Morgan fingerprint density at radius 1 is 0.879 bits per heavy atom. The van der Waals surface area contributed by atoms with Crippen LogP contribution in [0.2, 0.25) is 15.1 Å². The number of hydrogen-bond donors (Lipinski definition) is 2. The lowest BCUT2D eigenvalue weighted by Gasteiger charge is -2.11. The maximum Gasteiger partial charge on any atom is 0.257 e. The van der Waals surface area contributed by atoms with Crippen LogP contribution in [-0.2, 0) is 4.79 Å². The minimum absolute atomic E-state index is 0.0280. The predicted molar refractivity (Wildman–Crippen MR) is 126 cm³/mol. The van der Waals surface area contributed by atoms with Gasteiger partial charge in [-0.1, -0.05) is 41.7 Å². The Bertz CT molecular complexity index is 1250. The molecule has 3 aromatic carbocycles. The first-order valence-corrected chi connectivity index (χ1v) is 11.1. The zero-order valence-corrected chi connectivity index (χ0v) is 19.4. The molecule has 1 saturated carbocycles. The molecule has 0 radical (unpaired) electrons. The molecule has 2 amide bonds. The smallest absolute Gasteiger partial charge is 0.257 e. The van der Waals surface area contributed by atoms with Gasteiger partial charge in [0.2, 0.25) is 5.91 Å². The Morgan fingerprint density at radius 2 is 1.58 bits per heavy atom. The number of hydrogen-bond acceptors (Lipinski definition) is 2. The van der Waals surface area contributed by atoms with Crippen LogP contribution in [0.4, 0.5) is 20.2 Å². The van der Waals surface area contributed by atoms with E-state index >= 15 is 0 Å². The standard InChI is InChI=1S/C24H17Cl3F2N2O2/c1-11-21(12-6-13(25)8-14(26)7-12)22(11)24(33)30-16-3-4-18(27)17(10-16)23(32)31-20-5-2-15(28)9-19(20)29/h2-11,21-22H,1H3,(H,30,33)(H,31,32)/t11-,21?,22-/m0/s1. The van der Waals surface area contributed by atoms with E-state index in [1.165, 1.54) is 12.1 Å². The summed E-state index contributed by atoms with van der Waals surface area (Å²) in [5.74, 6) is -2.84. The molecule has 33 heavy (non-hydrogen) atoms. The average Bonchev–Trinajstić information content (AvgIpc) is 3.42. The SMILES string of the molecule is C[C@H]1C(c2cc(Cl)cc(Cl)c2)[C@H]1C(=O)Nc1ccc(Cl)c(C(=O)Nc2ccc(F)cc2F)c1. The summed E-state index contributed by atoms with van der Waals surface area (Å²) in [5.41, 5.74) is 1.08. The normalized spacial score (nSPS) is 19.2. The number of nitrogens with one attached hydrogen (secondary N) is 2. The number of benzene rings is 3. The van der Waals surface area contributed by atoms with Crippen molar-refractivity contribution < 1.29 is 18.4 Å². The Morgan fingerprint density at radius 3 is 2.24 bits per heavy atom. The number of carbonyl (C=O) groups excluding carboxylic acids is 2. The summed E-state index contributed by atoms with van der Waals surface area (Å²) in [4.78, 5) is 25.5. The summed E-state index contributed by atoms with van der Waals surface area (Å²) in [6, 6.07) is 12.4. The van der Waals surface area contributed by atoms with Crippen LogP contribution in [0, 0.1) is 23.5 Å². The summed E-state index contributed by atoms with van der Waals surface area (Å²) in [7, 11) is 0.